The first-order valence-corrected chi connectivity index (χ1v) is 8.95. The van der Waals surface area contributed by atoms with Crippen LogP contribution in [0.4, 0.5) is 15.6 Å². The third-order valence-electron chi connectivity index (χ3n) is 3.38. The van der Waals surface area contributed by atoms with Gasteiger partial charge in [0.2, 0.25) is 0 Å². The third-order valence-corrected chi connectivity index (χ3v) is 4.74. The smallest absolute Gasteiger partial charge is 0.319 e. The summed E-state index contributed by atoms with van der Waals surface area (Å²) in [5.41, 5.74) is 8.23. The molecule has 0 aliphatic rings. The molecular weight excluding hydrogens is 379 g/mol. The summed E-state index contributed by atoms with van der Waals surface area (Å²) in [7, 11) is 0. The number of thiazole rings is 1. The molecule has 1 heterocycles. The number of halogens is 2. The predicted molar refractivity (Wildman–Crippen MR) is 104 cm³/mol. The standard InChI is InChI=1S/C17H14Cl2N4OS/c18-10-4-3-5-11(8-10)21-16(24)23-17-22-14(9-25-17)15(20)12-6-1-2-7-13(12)19/h1-9,15H,20H2,(H2,21,22,23,24). The Morgan fingerprint density at radius 3 is 2.68 bits per heavy atom. The second-order valence-corrected chi connectivity index (χ2v) is 6.87. The van der Waals surface area contributed by atoms with Crippen LogP contribution in [0.1, 0.15) is 17.3 Å². The zero-order valence-corrected chi connectivity index (χ0v) is 15.2. The van der Waals surface area contributed by atoms with E-state index in [-0.39, 0.29) is 0 Å². The van der Waals surface area contributed by atoms with Crippen LogP contribution in [0, 0.1) is 0 Å². The Balaban J connectivity index is 1.67. The fourth-order valence-corrected chi connectivity index (χ4v) is 3.38. The Morgan fingerprint density at radius 2 is 1.92 bits per heavy atom. The van der Waals surface area contributed by atoms with E-state index in [1.54, 1.807) is 35.7 Å². The van der Waals surface area contributed by atoms with Gasteiger partial charge in [-0.25, -0.2) is 9.78 Å². The molecule has 0 saturated heterocycles. The molecule has 0 aliphatic heterocycles. The molecule has 0 fully saturated rings. The van der Waals surface area contributed by atoms with E-state index in [4.69, 9.17) is 28.9 Å². The van der Waals surface area contributed by atoms with Gasteiger partial charge in [-0.05, 0) is 29.8 Å². The van der Waals surface area contributed by atoms with Crippen molar-refractivity contribution in [3.8, 4) is 0 Å². The fraction of sp³-hybridized carbons (Fsp3) is 0.0588. The third kappa shape index (κ3) is 4.49. The molecule has 2 aromatic carbocycles. The quantitative estimate of drug-likeness (QED) is 0.574. The van der Waals surface area contributed by atoms with E-state index >= 15 is 0 Å². The van der Waals surface area contributed by atoms with Gasteiger partial charge in [-0.3, -0.25) is 5.32 Å². The normalized spacial score (nSPS) is 11.8. The number of amides is 2. The lowest BCUT2D eigenvalue weighted by molar-refractivity contribution is 0.262. The second kappa shape index (κ2) is 7.84. The van der Waals surface area contributed by atoms with Crippen LogP contribution in [0.5, 0.6) is 0 Å². The molecule has 2 amide bonds. The molecule has 5 nitrogen and oxygen atoms in total. The minimum absolute atomic E-state index is 0.408. The summed E-state index contributed by atoms with van der Waals surface area (Å²) >= 11 is 13.3. The molecule has 1 atom stereocenters. The van der Waals surface area contributed by atoms with Crippen molar-refractivity contribution in [2.75, 3.05) is 10.6 Å². The van der Waals surface area contributed by atoms with Crippen molar-refractivity contribution < 1.29 is 4.79 Å². The maximum atomic E-state index is 12.0. The number of benzene rings is 2. The van der Waals surface area contributed by atoms with Gasteiger partial charge in [0, 0.05) is 21.1 Å². The summed E-state index contributed by atoms with van der Waals surface area (Å²) in [5.74, 6) is 0. The minimum atomic E-state index is -0.462. The van der Waals surface area contributed by atoms with Gasteiger partial charge in [0.1, 0.15) is 0 Å². The van der Waals surface area contributed by atoms with Crippen molar-refractivity contribution >= 4 is 51.4 Å². The van der Waals surface area contributed by atoms with Crippen LogP contribution in [0.3, 0.4) is 0 Å². The number of urea groups is 1. The predicted octanol–water partition coefficient (Wildman–Crippen LogP) is 5.14. The van der Waals surface area contributed by atoms with Crippen LogP contribution < -0.4 is 16.4 Å². The maximum absolute atomic E-state index is 12.0. The Morgan fingerprint density at radius 1 is 1.12 bits per heavy atom. The molecule has 128 valence electrons. The van der Waals surface area contributed by atoms with E-state index in [1.165, 1.54) is 11.3 Å². The molecule has 0 radical (unpaired) electrons. The van der Waals surface area contributed by atoms with Crippen LogP contribution in [0.15, 0.2) is 53.9 Å². The van der Waals surface area contributed by atoms with Gasteiger partial charge in [0.25, 0.3) is 0 Å². The van der Waals surface area contributed by atoms with E-state index in [0.29, 0.717) is 26.6 Å². The highest BCUT2D eigenvalue weighted by atomic mass is 35.5. The fourth-order valence-electron chi connectivity index (χ4n) is 2.20. The summed E-state index contributed by atoms with van der Waals surface area (Å²) in [6.07, 6.45) is 0. The van der Waals surface area contributed by atoms with Crippen molar-refractivity contribution in [1.29, 1.82) is 0 Å². The van der Waals surface area contributed by atoms with E-state index in [9.17, 15) is 4.79 Å². The van der Waals surface area contributed by atoms with Gasteiger partial charge in [0.05, 0.1) is 11.7 Å². The number of anilines is 2. The van der Waals surface area contributed by atoms with Gasteiger partial charge >= 0.3 is 6.03 Å². The first-order chi connectivity index (χ1) is 12.0. The number of nitrogens with two attached hydrogens (primary N) is 1. The number of carbonyl (C=O) groups is 1. The molecule has 3 rings (SSSR count). The largest absolute Gasteiger partial charge is 0.325 e. The van der Waals surface area contributed by atoms with Crippen molar-refractivity contribution in [1.82, 2.24) is 4.98 Å². The van der Waals surface area contributed by atoms with Crippen LogP contribution in [0.25, 0.3) is 0 Å². The second-order valence-electron chi connectivity index (χ2n) is 5.17. The van der Waals surface area contributed by atoms with Crippen molar-refractivity contribution in [3.05, 3.63) is 75.2 Å². The molecule has 0 bridgehead atoms. The maximum Gasteiger partial charge on any atom is 0.325 e. The molecule has 8 heteroatoms. The molecule has 3 aromatic rings. The monoisotopic (exact) mass is 392 g/mol. The summed E-state index contributed by atoms with van der Waals surface area (Å²) in [6, 6.07) is 13.3. The lowest BCUT2D eigenvalue weighted by atomic mass is 10.1. The summed E-state index contributed by atoms with van der Waals surface area (Å²) < 4.78 is 0. The molecule has 1 aromatic heterocycles. The van der Waals surface area contributed by atoms with Gasteiger partial charge < -0.3 is 11.1 Å². The molecular formula is C17H14Cl2N4OS. The minimum Gasteiger partial charge on any atom is -0.319 e. The first kappa shape index (κ1) is 17.7. The Bertz CT molecular complexity index is 900. The highest BCUT2D eigenvalue weighted by molar-refractivity contribution is 7.14. The average molecular weight is 393 g/mol. The summed E-state index contributed by atoms with van der Waals surface area (Å²) in [5, 5.41) is 8.73. The number of hydrogen-bond acceptors (Lipinski definition) is 4. The number of nitrogens with zero attached hydrogens (tertiary/aromatic N) is 1. The van der Waals surface area contributed by atoms with Gasteiger partial charge in [-0.2, -0.15) is 0 Å². The highest BCUT2D eigenvalue weighted by Gasteiger charge is 2.16. The first-order valence-electron chi connectivity index (χ1n) is 7.32. The van der Waals surface area contributed by atoms with E-state index in [2.05, 4.69) is 15.6 Å². The lowest BCUT2D eigenvalue weighted by Gasteiger charge is -2.11. The zero-order valence-electron chi connectivity index (χ0n) is 12.9. The summed E-state index contributed by atoms with van der Waals surface area (Å²) in [4.78, 5) is 16.4. The molecule has 0 spiro atoms. The van der Waals surface area contributed by atoms with Gasteiger partial charge in [-0.1, -0.05) is 47.5 Å². The van der Waals surface area contributed by atoms with Crippen molar-refractivity contribution in [2.24, 2.45) is 5.73 Å². The van der Waals surface area contributed by atoms with Crippen molar-refractivity contribution in [3.63, 3.8) is 0 Å². The number of rotatable bonds is 4. The number of nitrogens with one attached hydrogen (secondary N) is 2. The molecule has 0 saturated carbocycles. The topological polar surface area (TPSA) is 80.0 Å². The number of carbonyl (C=O) groups excluding carboxylic acids is 1. The highest BCUT2D eigenvalue weighted by Crippen LogP contribution is 2.28. The van der Waals surface area contributed by atoms with Crippen molar-refractivity contribution in [2.45, 2.75) is 6.04 Å². The number of aromatic nitrogens is 1. The number of hydrogen-bond donors (Lipinski definition) is 3. The van der Waals surface area contributed by atoms with E-state index in [0.717, 1.165) is 5.56 Å². The van der Waals surface area contributed by atoms with Crippen LogP contribution in [-0.2, 0) is 0 Å². The summed E-state index contributed by atoms with van der Waals surface area (Å²) in [6.45, 7) is 0. The SMILES string of the molecule is NC(c1csc(NC(=O)Nc2cccc(Cl)c2)n1)c1ccccc1Cl. The Hall–Kier alpha value is -2.12. The Kier molecular flexibility index (Phi) is 5.55. The Labute approximate surface area is 158 Å². The van der Waals surface area contributed by atoms with E-state index < -0.39 is 12.1 Å². The van der Waals surface area contributed by atoms with Crippen LogP contribution in [-0.4, -0.2) is 11.0 Å². The average Bonchev–Trinajstić information content (AvgIpc) is 3.03. The van der Waals surface area contributed by atoms with Gasteiger partial charge in [0.15, 0.2) is 5.13 Å². The van der Waals surface area contributed by atoms with Crippen LogP contribution >= 0.6 is 34.5 Å². The van der Waals surface area contributed by atoms with Crippen LogP contribution in [0.2, 0.25) is 10.0 Å². The van der Waals surface area contributed by atoms with Gasteiger partial charge in [-0.15, -0.1) is 11.3 Å². The molecule has 25 heavy (non-hydrogen) atoms. The van der Waals surface area contributed by atoms with E-state index in [1.807, 2.05) is 18.2 Å². The molecule has 4 N–H and O–H groups in total. The molecule has 1 unspecified atom stereocenters. The molecule has 0 aliphatic carbocycles. The zero-order chi connectivity index (χ0) is 17.8. The lowest BCUT2D eigenvalue weighted by Crippen LogP contribution is -2.19.